The Hall–Kier alpha value is -3.02. The normalized spacial score (nSPS) is 18.0. The van der Waals surface area contributed by atoms with Gasteiger partial charge in [-0.25, -0.2) is 0 Å². The van der Waals surface area contributed by atoms with Crippen LogP contribution in [-0.4, -0.2) is 62.0 Å². The number of nitrogens with zero attached hydrogens (tertiary/aromatic N) is 2. The van der Waals surface area contributed by atoms with Gasteiger partial charge in [-0.05, 0) is 25.0 Å². The largest absolute Gasteiger partial charge is 0.496 e. The average molecular weight is 439 g/mol. The summed E-state index contributed by atoms with van der Waals surface area (Å²) in [5.41, 5.74) is 1.75. The fourth-order valence-corrected chi connectivity index (χ4v) is 4.64. The molecule has 32 heavy (non-hydrogen) atoms. The number of para-hydroxylation sites is 2. The van der Waals surface area contributed by atoms with Crippen LogP contribution in [0.1, 0.15) is 36.8 Å². The lowest BCUT2D eigenvalue weighted by Crippen LogP contribution is -2.54. The molecule has 0 spiro atoms. The molecule has 0 N–H and O–H groups in total. The minimum absolute atomic E-state index is 0.00224. The van der Waals surface area contributed by atoms with Crippen LogP contribution >= 0.6 is 0 Å². The van der Waals surface area contributed by atoms with Crippen molar-refractivity contribution >= 4 is 11.8 Å². The molecule has 3 rings (SSSR count). The Morgan fingerprint density at radius 2 is 1.12 bits per heavy atom. The van der Waals surface area contributed by atoms with Crippen LogP contribution in [0, 0.1) is 0 Å². The van der Waals surface area contributed by atoms with Gasteiger partial charge < -0.3 is 19.3 Å². The fourth-order valence-electron chi connectivity index (χ4n) is 4.64. The molecule has 0 radical (unpaired) electrons. The third-order valence-corrected chi connectivity index (χ3v) is 6.54. The Morgan fingerprint density at radius 3 is 1.50 bits per heavy atom. The van der Waals surface area contributed by atoms with Crippen molar-refractivity contribution in [2.75, 3.05) is 28.3 Å². The van der Waals surface area contributed by atoms with Crippen molar-refractivity contribution in [1.29, 1.82) is 0 Å². The van der Waals surface area contributed by atoms with Gasteiger partial charge in [0.05, 0.1) is 39.1 Å². The second-order valence-electron chi connectivity index (χ2n) is 8.41. The van der Waals surface area contributed by atoms with Crippen molar-refractivity contribution in [2.24, 2.45) is 0 Å². The number of methoxy groups -OCH3 is 2. The quantitative estimate of drug-likeness (QED) is 0.630. The zero-order valence-corrected chi connectivity index (χ0v) is 19.5. The molecule has 0 aliphatic heterocycles. The first-order valence-corrected chi connectivity index (χ1v) is 11.2. The zero-order chi connectivity index (χ0) is 23.1. The molecular formula is C26H34N2O4. The number of benzene rings is 2. The predicted octanol–water partition coefficient (Wildman–Crippen LogP) is 3.72. The molecule has 0 heterocycles. The van der Waals surface area contributed by atoms with Gasteiger partial charge in [0.2, 0.25) is 11.8 Å². The van der Waals surface area contributed by atoms with Crippen molar-refractivity contribution in [2.45, 2.75) is 50.6 Å². The summed E-state index contributed by atoms with van der Waals surface area (Å²) in [6.07, 6.45) is 4.46. The predicted molar refractivity (Wildman–Crippen MR) is 125 cm³/mol. The molecule has 172 valence electrons. The lowest BCUT2D eigenvalue weighted by atomic mass is 9.87. The molecule has 6 heteroatoms. The minimum atomic E-state index is -0.00224. The van der Waals surface area contributed by atoms with E-state index in [-0.39, 0.29) is 36.7 Å². The molecule has 0 aromatic heterocycles. The molecule has 6 nitrogen and oxygen atoms in total. The number of carbonyl (C=O) groups excluding carboxylic acids is 2. The summed E-state index contributed by atoms with van der Waals surface area (Å²) in [7, 11) is 6.96. The van der Waals surface area contributed by atoms with Crippen molar-refractivity contribution in [1.82, 2.24) is 9.80 Å². The van der Waals surface area contributed by atoms with Crippen molar-refractivity contribution in [3.05, 3.63) is 59.7 Å². The van der Waals surface area contributed by atoms with Crippen LogP contribution in [0.3, 0.4) is 0 Å². The molecule has 2 aromatic rings. The van der Waals surface area contributed by atoms with Gasteiger partial charge in [0.15, 0.2) is 0 Å². The third kappa shape index (κ3) is 5.42. The molecule has 0 saturated heterocycles. The van der Waals surface area contributed by atoms with E-state index < -0.39 is 0 Å². The van der Waals surface area contributed by atoms with E-state index in [0.29, 0.717) is 0 Å². The van der Waals surface area contributed by atoms with Gasteiger partial charge in [0.25, 0.3) is 0 Å². The summed E-state index contributed by atoms with van der Waals surface area (Å²) in [6.45, 7) is 0. The number of likely N-dealkylation sites (N-methyl/N-ethyl adjacent to an activating group) is 2. The van der Waals surface area contributed by atoms with E-state index in [1.807, 2.05) is 72.4 Å². The molecule has 1 saturated carbocycles. The molecule has 2 amide bonds. The van der Waals surface area contributed by atoms with Gasteiger partial charge >= 0.3 is 0 Å². The summed E-state index contributed by atoms with van der Waals surface area (Å²) in [5, 5.41) is 0. The van der Waals surface area contributed by atoms with E-state index in [0.717, 1.165) is 48.3 Å². The van der Waals surface area contributed by atoms with E-state index in [1.54, 1.807) is 14.2 Å². The van der Waals surface area contributed by atoms with E-state index in [2.05, 4.69) is 0 Å². The van der Waals surface area contributed by atoms with Crippen LogP contribution < -0.4 is 9.47 Å². The smallest absolute Gasteiger partial charge is 0.227 e. The molecule has 2 aromatic carbocycles. The lowest BCUT2D eigenvalue weighted by molar-refractivity contribution is -0.139. The Labute approximate surface area is 191 Å². The molecule has 1 fully saturated rings. The molecule has 0 bridgehead atoms. The Balaban J connectivity index is 1.71. The zero-order valence-electron chi connectivity index (χ0n) is 19.5. The van der Waals surface area contributed by atoms with E-state index in [1.165, 1.54) is 0 Å². The highest BCUT2D eigenvalue weighted by Gasteiger charge is 2.35. The summed E-state index contributed by atoms with van der Waals surface area (Å²) in [6, 6.07) is 15.2. The summed E-state index contributed by atoms with van der Waals surface area (Å²) in [5.74, 6) is 1.52. The van der Waals surface area contributed by atoms with E-state index >= 15 is 0 Å². The van der Waals surface area contributed by atoms with Crippen LogP contribution in [0.2, 0.25) is 0 Å². The van der Waals surface area contributed by atoms with Crippen LogP contribution in [0.4, 0.5) is 0 Å². The van der Waals surface area contributed by atoms with Crippen LogP contribution in [0.15, 0.2) is 48.5 Å². The van der Waals surface area contributed by atoms with Crippen molar-refractivity contribution < 1.29 is 19.1 Å². The highest BCUT2D eigenvalue weighted by atomic mass is 16.5. The first-order valence-electron chi connectivity index (χ1n) is 11.2. The lowest BCUT2D eigenvalue weighted by Gasteiger charge is -2.42. The summed E-state index contributed by atoms with van der Waals surface area (Å²) in [4.78, 5) is 30.0. The van der Waals surface area contributed by atoms with Crippen molar-refractivity contribution in [3.63, 3.8) is 0 Å². The maximum Gasteiger partial charge on any atom is 0.227 e. The van der Waals surface area contributed by atoms with Gasteiger partial charge in [0, 0.05) is 25.2 Å². The second kappa shape index (κ2) is 11.0. The standard InChI is InChI=1S/C26H34N2O4/c1-27(25(29)17-19-11-5-9-15-23(19)31-3)21-13-7-8-14-22(21)28(2)26(30)18-20-12-6-10-16-24(20)32-4/h5-6,9-12,15-16,21-22H,7-8,13-14,17-18H2,1-4H3/t21-,22-/m0/s1. The maximum atomic E-state index is 13.1. The van der Waals surface area contributed by atoms with Gasteiger partial charge in [0.1, 0.15) is 11.5 Å². The molecule has 0 unspecified atom stereocenters. The number of amides is 2. The molecule has 2 atom stereocenters. The SMILES string of the molecule is COc1ccccc1CC(=O)N(C)[C@H]1CCCC[C@@H]1N(C)C(=O)Cc1ccccc1OC. The van der Waals surface area contributed by atoms with Gasteiger partial charge in [-0.1, -0.05) is 49.2 Å². The van der Waals surface area contributed by atoms with Crippen LogP contribution in [0.25, 0.3) is 0 Å². The van der Waals surface area contributed by atoms with Gasteiger partial charge in [-0.2, -0.15) is 0 Å². The number of hydrogen-bond acceptors (Lipinski definition) is 4. The monoisotopic (exact) mass is 438 g/mol. The van der Waals surface area contributed by atoms with Gasteiger partial charge in [-0.3, -0.25) is 9.59 Å². The molecule has 1 aliphatic rings. The van der Waals surface area contributed by atoms with Crippen molar-refractivity contribution in [3.8, 4) is 11.5 Å². The molecular weight excluding hydrogens is 404 g/mol. The Morgan fingerprint density at radius 1 is 0.750 bits per heavy atom. The highest BCUT2D eigenvalue weighted by Crippen LogP contribution is 2.28. The Kier molecular flexibility index (Phi) is 8.14. The first-order chi connectivity index (χ1) is 15.5. The number of rotatable bonds is 8. The van der Waals surface area contributed by atoms with Crippen LogP contribution in [0.5, 0.6) is 11.5 Å². The number of ether oxygens (including phenoxy) is 2. The second-order valence-corrected chi connectivity index (χ2v) is 8.41. The molecule has 1 aliphatic carbocycles. The minimum Gasteiger partial charge on any atom is -0.496 e. The van der Waals surface area contributed by atoms with E-state index in [9.17, 15) is 9.59 Å². The Bertz CT molecular complexity index is 854. The number of carbonyl (C=O) groups is 2. The van der Waals surface area contributed by atoms with E-state index in [4.69, 9.17) is 9.47 Å². The summed E-state index contributed by atoms with van der Waals surface area (Å²) < 4.78 is 10.8. The first kappa shape index (κ1) is 23.6. The average Bonchev–Trinajstić information content (AvgIpc) is 2.83. The topological polar surface area (TPSA) is 59.1 Å². The number of hydrogen-bond donors (Lipinski definition) is 0. The maximum absolute atomic E-state index is 13.1. The highest BCUT2D eigenvalue weighted by molar-refractivity contribution is 5.81. The van der Waals surface area contributed by atoms with Crippen LogP contribution in [-0.2, 0) is 22.4 Å². The fraction of sp³-hybridized carbons (Fsp3) is 0.462. The summed E-state index contributed by atoms with van der Waals surface area (Å²) >= 11 is 0. The van der Waals surface area contributed by atoms with Gasteiger partial charge in [-0.15, -0.1) is 0 Å². The third-order valence-electron chi connectivity index (χ3n) is 6.54.